The number of hydrogen-bond donors (Lipinski definition) is 1. The number of pyridine rings is 1. The summed E-state index contributed by atoms with van der Waals surface area (Å²) in [6.07, 6.45) is 1.89. The van der Waals surface area contributed by atoms with Gasteiger partial charge in [0.25, 0.3) is 0 Å². The summed E-state index contributed by atoms with van der Waals surface area (Å²) in [7, 11) is 0. The Morgan fingerprint density at radius 3 is 2.74 bits per heavy atom. The first kappa shape index (κ1) is 16.2. The van der Waals surface area contributed by atoms with Gasteiger partial charge in [-0.1, -0.05) is 25.5 Å². The summed E-state index contributed by atoms with van der Waals surface area (Å²) in [6.45, 7) is 11.4. The van der Waals surface area contributed by atoms with Crippen molar-refractivity contribution in [1.82, 2.24) is 9.88 Å². The van der Waals surface area contributed by atoms with Crippen molar-refractivity contribution >= 4 is 16.6 Å². The molecule has 0 aliphatic carbocycles. The Labute approximate surface area is 138 Å². The third kappa shape index (κ3) is 3.82. The monoisotopic (exact) mass is 313 g/mol. The summed E-state index contributed by atoms with van der Waals surface area (Å²) < 4.78 is 5.49. The van der Waals surface area contributed by atoms with E-state index in [1.807, 2.05) is 6.20 Å². The van der Waals surface area contributed by atoms with Gasteiger partial charge in [-0.05, 0) is 31.0 Å². The molecule has 1 N–H and O–H groups in total. The molecule has 1 fully saturated rings. The minimum absolute atomic E-state index is 0.520. The van der Waals surface area contributed by atoms with Crippen LogP contribution in [0.15, 0.2) is 30.5 Å². The number of rotatable bonds is 5. The van der Waals surface area contributed by atoms with Gasteiger partial charge < -0.3 is 10.1 Å². The second kappa shape index (κ2) is 7.28. The minimum Gasteiger partial charge on any atom is -0.383 e. The molecule has 1 aromatic heterocycles. The Morgan fingerprint density at radius 2 is 2.00 bits per heavy atom. The summed E-state index contributed by atoms with van der Waals surface area (Å²) in [5.41, 5.74) is 3.49. The zero-order valence-corrected chi connectivity index (χ0v) is 14.4. The fraction of sp³-hybridized carbons (Fsp3) is 0.526. The van der Waals surface area contributed by atoms with Crippen LogP contribution in [0.25, 0.3) is 10.9 Å². The molecule has 1 saturated heterocycles. The van der Waals surface area contributed by atoms with Crippen molar-refractivity contribution < 1.29 is 4.74 Å². The van der Waals surface area contributed by atoms with Crippen LogP contribution in [0.1, 0.15) is 19.4 Å². The molecule has 2 heterocycles. The predicted molar refractivity (Wildman–Crippen MR) is 96.0 cm³/mol. The first-order valence-electron chi connectivity index (χ1n) is 8.56. The summed E-state index contributed by atoms with van der Waals surface area (Å²) in [5.74, 6) is 0.607. The van der Waals surface area contributed by atoms with Gasteiger partial charge in [0, 0.05) is 42.9 Å². The van der Waals surface area contributed by atoms with E-state index in [1.54, 1.807) is 0 Å². The molecule has 0 bridgehead atoms. The van der Waals surface area contributed by atoms with Gasteiger partial charge >= 0.3 is 0 Å². The smallest absolute Gasteiger partial charge is 0.0722 e. The molecule has 23 heavy (non-hydrogen) atoms. The molecule has 0 amide bonds. The average Bonchev–Trinajstić information content (AvgIpc) is 2.56. The summed E-state index contributed by atoms with van der Waals surface area (Å²) >= 11 is 0. The first-order chi connectivity index (χ1) is 11.1. The average molecular weight is 313 g/mol. The van der Waals surface area contributed by atoms with Gasteiger partial charge in [-0.15, -0.1) is 0 Å². The van der Waals surface area contributed by atoms with Crippen LogP contribution >= 0.6 is 0 Å². The first-order valence-corrected chi connectivity index (χ1v) is 8.56. The van der Waals surface area contributed by atoms with E-state index in [-0.39, 0.29) is 0 Å². The van der Waals surface area contributed by atoms with Crippen LogP contribution in [0.5, 0.6) is 0 Å². The summed E-state index contributed by atoms with van der Waals surface area (Å²) in [5, 5.41) is 4.88. The number of anilines is 1. The lowest BCUT2D eigenvalue weighted by molar-refractivity contribution is 0.00955. The van der Waals surface area contributed by atoms with Crippen molar-refractivity contribution in [3.8, 4) is 0 Å². The molecule has 4 heteroatoms. The zero-order valence-electron chi connectivity index (χ0n) is 14.4. The molecule has 1 aliphatic rings. The number of hydrogen-bond acceptors (Lipinski definition) is 4. The summed E-state index contributed by atoms with van der Waals surface area (Å²) in [6, 6.07) is 9.02. The number of nitrogens with one attached hydrogen (secondary N) is 1. The minimum atomic E-state index is 0.520. The maximum Gasteiger partial charge on any atom is 0.0722 e. The number of benzene rings is 1. The Bertz CT molecular complexity index is 650. The highest BCUT2D eigenvalue weighted by atomic mass is 16.5. The largest absolute Gasteiger partial charge is 0.383 e. The van der Waals surface area contributed by atoms with Gasteiger partial charge in [0.05, 0.1) is 18.7 Å². The van der Waals surface area contributed by atoms with Crippen LogP contribution in [-0.4, -0.2) is 48.8 Å². The van der Waals surface area contributed by atoms with Crippen molar-refractivity contribution in [3.63, 3.8) is 0 Å². The van der Waals surface area contributed by atoms with Crippen LogP contribution in [-0.2, 0) is 4.74 Å². The van der Waals surface area contributed by atoms with E-state index in [2.05, 4.69) is 60.2 Å². The van der Waals surface area contributed by atoms with E-state index in [4.69, 9.17) is 4.74 Å². The molecule has 124 valence electrons. The molecule has 0 saturated carbocycles. The lowest BCUT2D eigenvalue weighted by atomic mass is 10.0. The molecule has 0 radical (unpaired) electrons. The highest BCUT2D eigenvalue weighted by molar-refractivity contribution is 5.91. The van der Waals surface area contributed by atoms with E-state index in [0.717, 1.165) is 38.4 Å². The Balaban J connectivity index is 1.76. The van der Waals surface area contributed by atoms with Crippen molar-refractivity contribution in [2.24, 2.45) is 5.92 Å². The molecule has 1 atom stereocenters. The SMILES string of the molecule is Cc1ccc2nccc(NCC(C(C)C)N3CCOCC3)c2c1. The molecule has 2 aromatic rings. The fourth-order valence-corrected chi connectivity index (χ4v) is 3.32. The molecule has 4 nitrogen and oxygen atoms in total. The van der Waals surface area contributed by atoms with Crippen molar-refractivity contribution in [1.29, 1.82) is 0 Å². The number of aryl methyl sites for hydroxylation is 1. The van der Waals surface area contributed by atoms with E-state index in [0.29, 0.717) is 12.0 Å². The maximum atomic E-state index is 5.49. The third-order valence-corrected chi connectivity index (χ3v) is 4.68. The van der Waals surface area contributed by atoms with E-state index in [1.165, 1.54) is 16.6 Å². The van der Waals surface area contributed by atoms with Crippen LogP contribution in [0.4, 0.5) is 5.69 Å². The van der Waals surface area contributed by atoms with E-state index in [9.17, 15) is 0 Å². The Kier molecular flexibility index (Phi) is 5.13. The molecule has 1 aromatic carbocycles. The topological polar surface area (TPSA) is 37.4 Å². The number of aromatic nitrogens is 1. The summed E-state index contributed by atoms with van der Waals surface area (Å²) in [4.78, 5) is 7.02. The van der Waals surface area contributed by atoms with Crippen LogP contribution in [0, 0.1) is 12.8 Å². The second-order valence-corrected chi connectivity index (χ2v) is 6.72. The molecule has 1 unspecified atom stereocenters. The van der Waals surface area contributed by atoms with Crippen LogP contribution in [0.3, 0.4) is 0 Å². The van der Waals surface area contributed by atoms with Crippen molar-refractivity contribution in [2.45, 2.75) is 26.8 Å². The van der Waals surface area contributed by atoms with E-state index < -0.39 is 0 Å². The van der Waals surface area contributed by atoms with Crippen molar-refractivity contribution in [3.05, 3.63) is 36.0 Å². The van der Waals surface area contributed by atoms with Crippen molar-refractivity contribution in [2.75, 3.05) is 38.2 Å². The Hall–Kier alpha value is -1.65. The van der Waals surface area contributed by atoms with E-state index >= 15 is 0 Å². The zero-order chi connectivity index (χ0) is 16.2. The van der Waals surface area contributed by atoms with Gasteiger partial charge in [-0.2, -0.15) is 0 Å². The lowest BCUT2D eigenvalue weighted by Crippen LogP contribution is -2.49. The number of ether oxygens (including phenoxy) is 1. The lowest BCUT2D eigenvalue weighted by Gasteiger charge is -2.37. The van der Waals surface area contributed by atoms with Gasteiger partial charge in [-0.3, -0.25) is 9.88 Å². The molecule has 1 aliphatic heterocycles. The van der Waals surface area contributed by atoms with Gasteiger partial charge in [0.2, 0.25) is 0 Å². The number of fused-ring (bicyclic) bond motifs is 1. The maximum absolute atomic E-state index is 5.49. The quantitative estimate of drug-likeness (QED) is 0.919. The second-order valence-electron chi connectivity index (χ2n) is 6.72. The van der Waals surface area contributed by atoms with Crippen LogP contribution < -0.4 is 5.32 Å². The van der Waals surface area contributed by atoms with Crippen LogP contribution in [0.2, 0.25) is 0 Å². The number of nitrogens with zero attached hydrogens (tertiary/aromatic N) is 2. The molecule has 0 spiro atoms. The predicted octanol–water partition coefficient (Wildman–Crippen LogP) is 3.31. The third-order valence-electron chi connectivity index (χ3n) is 4.68. The normalized spacial score (nSPS) is 17.6. The molecular formula is C19H27N3O. The van der Waals surface area contributed by atoms with Gasteiger partial charge in [-0.25, -0.2) is 0 Å². The van der Waals surface area contributed by atoms with Gasteiger partial charge in [0.1, 0.15) is 0 Å². The van der Waals surface area contributed by atoms with Gasteiger partial charge in [0.15, 0.2) is 0 Å². The molecule has 3 rings (SSSR count). The number of morpholine rings is 1. The Morgan fingerprint density at radius 1 is 1.22 bits per heavy atom. The highest BCUT2D eigenvalue weighted by Gasteiger charge is 2.23. The molecular weight excluding hydrogens is 286 g/mol. The highest BCUT2D eigenvalue weighted by Crippen LogP contribution is 2.23. The standard InChI is InChI=1S/C19H27N3O/c1-14(2)19(22-8-10-23-11-9-22)13-21-18-6-7-20-17-5-4-15(3)12-16(17)18/h4-7,12,14,19H,8-11,13H2,1-3H3,(H,20,21). The fourth-order valence-electron chi connectivity index (χ4n) is 3.32.